The molecule has 3 rings (SSSR count). The van der Waals surface area contributed by atoms with Crippen molar-refractivity contribution in [3.63, 3.8) is 0 Å². The molecule has 1 aliphatic rings. The van der Waals surface area contributed by atoms with Crippen LogP contribution in [0.25, 0.3) is 0 Å². The van der Waals surface area contributed by atoms with Crippen molar-refractivity contribution in [3.05, 3.63) is 40.3 Å². The second-order valence-electron chi connectivity index (χ2n) is 6.71. The number of ether oxygens (including phenoxy) is 1. The van der Waals surface area contributed by atoms with E-state index in [1.54, 1.807) is 18.4 Å². The molecule has 0 radical (unpaired) electrons. The lowest BCUT2D eigenvalue weighted by molar-refractivity contribution is 0.408. The van der Waals surface area contributed by atoms with Gasteiger partial charge in [-0.15, -0.1) is 35.3 Å². The van der Waals surface area contributed by atoms with Gasteiger partial charge in [-0.2, -0.15) is 0 Å². The molecule has 2 aromatic rings. The zero-order valence-electron chi connectivity index (χ0n) is 16.8. The van der Waals surface area contributed by atoms with Gasteiger partial charge in [0.15, 0.2) is 5.96 Å². The maximum atomic E-state index is 5.53. The molecule has 6 nitrogen and oxygen atoms in total. The minimum Gasteiger partial charge on any atom is -0.495 e. The molecule has 1 aromatic heterocycles. The summed E-state index contributed by atoms with van der Waals surface area (Å²) in [5.41, 5.74) is 1.16. The Labute approximate surface area is 188 Å². The molecule has 0 amide bonds. The number of aryl methyl sites for hydroxylation is 1. The summed E-state index contributed by atoms with van der Waals surface area (Å²) < 4.78 is 5.53. The van der Waals surface area contributed by atoms with Gasteiger partial charge in [0.05, 0.1) is 17.8 Å². The smallest absolute Gasteiger partial charge is 0.191 e. The number of nitrogens with one attached hydrogen (secondary N) is 2. The third kappa shape index (κ3) is 6.23. The lowest BCUT2D eigenvalue weighted by Gasteiger charge is -2.36. The molecule has 2 N–H and O–H groups in total. The van der Waals surface area contributed by atoms with Crippen molar-refractivity contribution in [3.8, 4) is 5.75 Å². The van der Waals surface area contributed by atoms with Crippen molar-refractivity contribution in [2.45, 2.75) is 32.2 Å². The molecule has 1 aliphatic heterocycles. The second-order valence-corrected chi connectivity index (χ2v) is 8.03. The van der Waals surface area contributed by atoms with Gasteiger partial charge in [-0.25, -0.2) is 4.98 Å². The normalized spacial score (nSPS) is 17.0. The van der Waals surface area contributed by atoms with E-state index in [1.807, 2.05) is 25.4 Å². The molecular weight excluding hydrogens is 485 g/mol. The second kappa shape index (κ2) is 11.5. The first-order valence-electron chi connectivity index (χ1n) is 9.46. The van der Waals surface area contributed by atoms with Crippen molar-refractivity contribution >= 4 is 47.0 Å². The van der Waals surface area contributed by atoms with E-state index < -0.39 is 0 Å². The van der Waals surface area contributed by atoms with E-state index in [-0.39, 0.29) is 24.0 Å². The minimum absolute atomic E-state index is 0. The number of hydrogen-bond acceptors (Lipinski definition) is 5. The number of piperidine rings is 1. The van der Waals surface area contributed by atoms with E-state index in [0.29, 0.717) is 6.04 Å². The van der Waals surface area contributed by atoms with Crippen molar-refractivity contribution < 1.29 is 4.74 Å². The molecule has 0 spiro atoms. The number of methoxy groups -OCH3 is 1. The topological polar surface area (TPSA) is 61.8 Å². The molecule has 2 heterocycles. The minimum atomic E-state index is 0. The predicted octanol–water partition coefficient (Wildman–Crippen LogP) is 3.45. The van der Waals surface area contributed by atoms with E-state index in [0.717, 1.165) is 61.3 Å². The van der Waals surface area contributed by atoms with Crippen LogP contribution in [0.5, 0.6) is 5.75 Å². The summed E-state index contributed by atoms with van der Waals surface area (Å²) in [5, 5.41) is 8.15. The molecule has 1 atom stereocenters. The number of nitrogens with zero attached hydrogens (tertiary/aromatic N) is 3. The van der Waals surface area contributed by atoms with Gasteiger partial charge in [-0.05, 0) is 31.9 Å². The summed E-state index contributed by atoms with van der Waals surface area (Å²) in [5.74, 6) is 1.79. The van der Waals surface area contributed by atoms with Crippen LogP contribution < -0.4 is 20.3 Å². The number of thiazole rings is 1. The molecule has 1 unspecified atom stereocenters. The Hall–Kier alpha value is -1.55. The van der Waals surface area contributed by atoms with E-state index in [1.165, 1.54) is 4.88 Å². The number of benzene rings is 1. The van der Waals surface area contributed by atoms with Gasteiger partial charge < -0.3 is 20.3 Å². The fourth-order valence-electron chi connectivity index (χ4n) is 3.40. The van der Waals surface area contributed by atoms with Crippen molar-refractivity contribution in [2.75, 3.05) is 38.7 Å². The molecule has 1 saturated heterocycles. The summed E-state index contributed by atoms with van der Waals surface area (Å²) in [7, 11) is 3.55. The number of aromatic nitrogens is 1. The van der Waals surface area contributed by atoms with Crippen LogP contribution in [0.1, 0.15) is 22.7 Å². The third-order valence-corrected chi connectivity index (χ3v) is 5.68. The highest BCUT2D eigenvalue weighted by Gasteiger charge is 2.22. The average molecular weight is 515 g/mol. The van der Waals surface area contributed by atoms with Crippen LogP contribution in [-0.4, -0.2) is 50.8 Å². The number of halogens is 1. The van der Waals surface area contributed by atoms with Gasteiger partial charge in [-0.3, -0.25) is 4.99 Å². The molecule has 0 aliphatic carbocycles. The average Bonchev–Trinajstić information content (AvgIpc) is 3.12. The van der Waals surface area contributed by atoms with E-state index in [4.69, 9.17) is 4.74 Å². The molecule has 0 bridgehead atoms. The Morgan fingerprint density at radius 2 is 2.21 bits per heavy atom. The van der Waals surface area contributed by atoms with Crippen molar-refractivity contribution in [1.29, 1.82) is 0 Å². The number of rotatable bonds is 6. The first-order chi connectivity index (χ1) is 13.2. The van der Waals surface area contributed by atoms with Crippen LogP contribution in [0.15, 0.2) is 35.5 Å². The molecule has 154 valence electrons. The maximum Gasteiger partial charge on any atom is 0.191 e. The molecule has 28 heavy (non-hydrogen) atoms. The van der Waals surface area contributed by atoms with Gasteiger partial charge in [0.2, 0.25) is 0 Å². The zero-order valence-corrected chi connectivity index (χ0v) is 19.9. The number of para-hydroxylation sites is 2. The first-order valence-corrected chi connectivity index (χ1v) is 10.3. The maximum absolute atomic E-state index is 5.53. The summed E-state index contributed by atoms with van der Waals surface area (Å²) in [6.45, 7) is 4.90. The monoisotopic (exact) mass is 515 g/mol. The quantitative estimate of drug-likeness (QED) is 0.351. The Balaban J connectivity index is 0.00000280. The van der Waals surface area contributed by atoms with Crippen LogP contribution in [0.3, 0.4) is 0 Å². The van der Waals surface area contributed by atoms with Crippen LogP contribution >= 0.6 is 35.3 Å². The van der Waals surface area contributed by atoms with Gasteiger partial charge in [0.25, 0.3) is 0 Å². The molecule has 1 aromatic carbocycles. The molecule has 0 saturated carbocycles. The van der Waals surface area contributed by atoms with Gasteiger partial charge >= 0.3 is 0 Å². The summed E-state index contributed by atoms with van der Waals surface area (Å²) in [4.78, 5) is 12.4. The van der Waals surface area contributed by atoms with E-state index >= 15 is 0 Å². The van der Waals surface area contributed by atoms with E-state index in [9.17, 15) is 0 Å². The number of hydrogen-bond donors (Lipinski definition) is 2. The number of aliphatic imine (C=N–C) groups is 1. The lowest BCUT2D eigenvalue weighted by Crippen LogP contribution is -2.51. The Morgan fingerprint density at radius 3 is 2.93 bits per heavy atom. The first kappa shape index (κ1) is 22.7. The highest BCUT2D eigenvalue weighted by Crippen LogP contribution is 2.29. The molecule has 8 heteroatoms. The lowest BCUT2D eigenvalue weighted by atomic mass is 10.0. The van der Waals surface area contributed by atoms with Crippen LogP contribution in [-0.2, 0) is 6.42 Å². The Kier molecular flexibility index (Phi) is 9.30. The predicted molar refractivity (Wildman–Crippen MR) is 129 cm³/mol. The Bertz CT molecular complexity index is 767. The fourth-order valence-corrected chi connectivity index (χ4v) is 4.18. The summed E-state index contributed by atoms with van der Waals surface area (Å²) in [6, 6.07) is 8.59. The molecule has 1 fully saturated rings. The number of guanidine groups is 1. The largest absolute Gasteiger partial charge is 0.495 e. The van der Waals surface area contributed by atoms with E-state index in [2.05, 4.69) is 44.6 Å². The Morgan fingerprint density at radius 1 is 1.39 bits per heavy atom. The van der Waals surface area contributed by atoms with Gasteiger partial charge in [0.1, 0.15) is 5.75 Å². The SMILES string of the molecule is CN=C(NCCc1ncc(C)s1)NC1CCCN(c2ccccc2OC)C1.I. The standard InChI is InChI=1S/C20H29N5OS.HI/c1-15-13-23-19(27-15)10-11-22-20(21-2)24-16-7-6-12-25(14-16)17-8-4-5-9-18(17)26-3;/h4-5,8-9,13,16H,6-7,10-12,14H2,1-3H3,(H2,21,22,24);1H. The third-order valence-electron chi connectivity index (χ3n) is 4.71. The number of anilines is 1. The van der Waals surface area contributed by atoms with Gasteiger partial charge in [0, 0.05) is 50.2 Å². The van der Waals surface area contributed by atoms with Gasteiger partial charge in [-0.1, -0.05) is 12.1 Å². The van der Waals surface area contributed by atoms with Crippen LogP contribution in [0.4, 0.5) is 5.69 Å². The highest BCUT2D eigenvalue weighted by atomic mass is 127. The summed E-state index contributed by atoms with van der Waals surface area (Å²) in [6.07, 6.45) is 5.13. The zero-order chi connectivity index (χ0) is 19.1. The van der Waals surface area contributed by atoms with Crippen LogP contribution in [0, 0.1) is 6.92 Å². The van der Waals surface area contributed by atoms with Crippen LogP contribution in [0.2, 0.25) is 0 Å². The fraction of sp³-hybridized carbons (Fsp3) is 0.500. The highest BCUT2D eigenvalue weighted by molar-refractivity contribution is 14.0. The molecular formula is C20H30IN5OS. The van der Waals surface area contributed by atoms with Crippen molar-refractivity contribution in [1.82, 2.24) is 15.6 Å². The van der Waals surface area contributed by atoms with Crippen molar-refractivity contribution in [2.24, 2.45) is 4.99 Å². The summed E-state index contributed by atoms with van der Waals surface area (Å²) >= 11 is 1.75.